The number of aromatic nitrogens is 1. The highest BCUT2D eigenvalue weighted by Crippen LogP contribution is 2.23. The number of ketones is 2. The minimum Gasteiger partial charge on any atom is -0.344 e. The molecule has 0 radical (unpaired) electrons. The summed E-state index contributed by atoms with van der Waals surface area (Å²) in [5, 5.41) is 0. The smallest absolute Gasteiger partial charge is 0.256 e. The number of fused-ring (bicyclic) bond motifs is 1. The number of hydrogen-bond acceptors (Lipinski definition) is 4. The van der Waals surface area contributed by atoms with E-state index in [9.17, 15) is 18.8 Å². The summed E-state index contributed by atoms with van der Waals surface area (Å²) in [6, 6.07) is 7.62. The molecular formula is C26H32FN3O3. The predicted molar refractivity (Wildman–Crippen MR) is 124 cm³/mol. The largest absolute Gasteiger partial charge is 0.344 e. The lowest BCUT2D eigenvalue weighted by molar-refractivity contribution is 0.0766. The Kier molecular flexibility index (Phi) is 7.38. The van der Waals surface area contributed by atoms with Gasteiger partial charge in [0, 0.05) is 43.7 Å². The zero-order chi connectivity index (χ0) is 23.4. The van der Waals surface area contributed by atoms with Crippen molar-refractivity contribution in [1.29, 1.82) is 0 Å². The minimum absolute atomic E-state index is 0.00767. The van der Waals surface area contributed by atoms with E-state index in [2.05, 4.69) is 4.90 Å². The van der Waals surface area contributed by atoms with Crippen molar-refractivity contribution in [3.63, 3.8) is 0 Å². The Labute approximate surface area is 194 Å². The number of aryl methyl sites for hydroxylation is 1. The summed E-state index contributed by atoms with van der Waals surface area (Å²) in [4.78, 5) is 42.0. The molecule has 3 heterocycles. The van der Waals surface area contributed by atoms with Gasteiger partial charge in [0.15, 0.2) is 11.6 Å². The van der Waals surface area contributed by atoms with Gasteiger partial charge >= 0.3 is 0 Å². The molecule has 4 rings (SSSR count). The molecule has 0 bridgehead atoms. The number of piperidine rings is 1. The summed E-state index contributed by atoms with van der Waals surface area (Å²) in [6.07, 6.45) is 5.81. The van der Waals surface area contributed by atoms with Crippen molar-refractivity contribution in [3.05, 3.63) is 59.2 Å². The number of unbranched alkanes of at least 4 members (excludes halogenated alkanes) is 1. The van der Waals surface area contributed by atoms with Crippen LogP contribution in [0, 0.1) is 11.7 Å². The summed E-state index contributed by atoms with van der Waals surface area (Å²) >= 11 is 0. The Morgan fingerprint density at radius 2 is 1.70 bits per heavy atom. The van der Waals surface area contributed by atoms with Crippen LogP contribution >= 0.6 is 0 Å². The van der Waals surface area contributed by atoms with Crippen LogP contribution in [-0.4, -0.2) is 64.6 Å². The molecule has 6 nitrogen and oxygen atoms in total. The van der Waals surface area contributed by atoms with Crippen LogP contribution in [0.5, 0.6) is 0 Å². The zero-order valence-electron chi connectivity index (χ0n) is 19.3. The van der Waals surface area contributed by atoms with E-state index in [-0.39, 0.29) is 29.2 Å². The van der Waals surface area contributed by atoms with Gasteiger partial charge in [0.25, 0.3) is 5.91 Å². The van der Waals surface area contributed by atoms with Gasteiger partial charge < -0.3 is 14.4 Å². The summed E-state index contributed by atoms with van der Waals surface area (Å²) in [6.45, 7) is 6.49. The van der Waals surface area contributed by atoms with Crippen LogP contribution in [-0.2, 0) is 6.54 Å². The van der Waals surface area contributed by atoms with E-state index in [1.807, 2.05) is 17.7 Å². The number of benzene rings is 1. The molecule has 7 heteroatoms. The number of likely N-dealkylation sites (tertiary alicyclic amines) is 1. The summed E-state index contributed by atoms with van der Waals surface area (Å²) in [5.41, 5.74) is 1.69. The SMILES string of the molecule is CCN1CCC(=O)c2c(ccn2CCCCN2CCC(C(=O)c3ccc(F)cc3)CC2)C1=O. The standard InChI is InChI=1S/C26H32FN3O3/c1-2-29-18-12-23(31)24-22(26(29)33)11-17-30(24)14-4-3-13-28-15-9-20(10-16-28)25(32)19-5-7-21(27)8-6-19/h5-8,11,17,20H,2-4,9-10,12-16,18H2,1H3. The average molecular weight is 454 g/mol. The molecule has 0 aliphatic carbocycles. The minimum atomic E-state index is -0.323. The molecular weight excluding hydrogens is 421 g/mol. The molecule has 1 amide bonds. The van der Waals surface area contributed by atoms with Crippen LogP contribution in [0.3, 0.4) is 0 Å². The molecule has 2 aliphatic heterocycles. The number of carbonyl (C=O) groups is 3. The van der Waals surface area contributed by atoms with Crippen molar-refractivity contribution < 1.29 is 18.8 Å². The fourth-order valence-corrected chi connectivity index (χ4v) is 4.96. The van der Waals surface area contributed by atoms with Crippen molar-refractivity contribution in [3.8, 4) is 0 Å². The van der Waals surface area contributed by atoms with Crippen molar-refractivity contribution in [2.24, 2.45) is 5.92 Å². The van der Waals surface area contributed by atoms with Crippen molar-refractivity contribution in [1.82, 2.24) is 14.4 Å². The van der Waals surface area contributed by atoms with Crippen LogP contribution in [0.1, 0.15) is 70.2 Å². The predicted octanol–water partition coefficient (Wildman–Crippen LogP) is 4.05. The highest BCUT2D eigenvalue weighted by atomic mass is 19.1. The molecule has 0 unspecified atom stereocenters. The maximum Gasteiger partial charge on any atom is 0.256 e. The average Bonchev–Trinajstić information content (AvgIpc) is 3.21. The van der Waals surface area contributed by atoms with Crippen LogP contribution in [0.15, 0.2) is 36.5 Å². The second-order valence-corrected chi connectivity index (χ2v) is 9.02. The first-order valence-electron chi connectivity index (χ1n) is 12.0. The summed E-state index contributed by atoms with van der Waals surface area (Å²) in [5.74, 6) is -0.198. The molecule has 176 valence electrons. The number of halogens is 1. The fourth-order valence-electron chi connectivity index (χ4n) is 4.96. The van der Waals surface area contributed by atoms with Gasteiger partial charge in [-0.1, -0.05) is 0 Å². The lowest BCUT2D eigenvalue weighted by atomic mass is 9.89. The van der Waals surface area contributed by atoms with Gasteiger partial charge in [-0.25, -0.2) is 4.39 Å². The van der Waals surface area contributed by atoms with Gasteiger partial charge in [0.05, 0.1) is 11.3 Å². The van der Waals surface area contributed by atoms with Crippen LogP contribution in [0.2, 0.25) is 0 Å². The third-order valence-electron chi connectivity index (χ3n) is 6.95. The molecule has 0 atom stereocenters. The van der Waals surface area contributed by atoms with E-state index in [1.165, 1.54) is 12.1 Å². The lowest BCUT2D eigenvalue weighted by Gasteiger charge is -2.31. The Hall–Kier alpha value is -2.80. The lowest BCUT2D eigenvalue weighted by Crippen LogP contribution is -2.37. The molecule has 33 heavy (non-hydrogen) atoms. The number of nitrogens with zero attached hydrogens (tertiary/aromatic N) is 3. The molecule has 0 saturated carbocycles. The topological polar surface area (TPSA) is 62.6 Å². The van der Waals surface area contributed by atoms with Gasteiger partial charge in [0.2, 0.25) is 0 Å². The third kappa shape index (κ3) is 5.24. The first kappa shape index (κ1) is 23.4. The normalized spacial score (nSPS) is 17.8. The maximum absolute atomic E-state index is 13.1. The van der Waals surface area contributed by atoms with Crippen molar-refractivity contribution in [2.45, 2.75) is 45.6 Å². The second kappa shape index (κ2) is 10.4. The number of Topliss-reactive ketones (excluding diaryl/α,β-unsaturated/α-hetero) is 2. The quantitative estimate of drug-likeness (QED) is 0.447. The highest BCUT2D eigenvalue weighted by molar-refractivity contribution is 6.08. The number of hydrogen-bond donors (Lipinski definition) is 0. The molecule has 2 aromatic rings. The van der Waals surface area contributed by atoms with E-state index in [1.54, 1.807) is 23.1 Å². The number of amides is 1. The van der Waals surface area contributed by atoms with E-state index in [4.69, 9.17) is 0 Å². The van der Waals surface area contributed by atoms with Gasteiger partial charge in [-0.05, 0) is 82.6 Å². The molecule has 1 aromatic heterocycles. The van der Waals surface area contributed by atoms with Crippen molar-refractivity contribution >= 4 is 17.5 Å². The van der Waals surface area contributed by atoms with Crippen molar-refractivity contribution in [2.75, 3.05) is 32.7 Å². The van der Waals surface area contributed by atoms with Crippen LogP contribution in [0.25, 0.3) is 0 Å². The van der Waals surface area contributed by atoms with Gasteiger partial charge in [-0.15, -0.1) is 0 Å². The Morgan fingerprint density at radius 3 is 2.39 bits per heavy atom. The summed E-state index contributed by atoms with van der Waals surface area (Å²) < 4.78 is 15.0. The van der Waals surface area contributed by atoms with E-state index >= 15 is 0 Å². The van der Waals surface area contributed by atoms with Crippen LogP contribution in [0.4, 0.5) is 4.39 Å². The first-order valence-corrected chi connectivity index (χ1v) is 12.0. The number of rotatable bonds is 8. The molecule has 1 aromatic carbocycles. The van der Waals surface area contributed by atoms with E-state index in [0.29, 0.717) is 36.3 Å². The first-order chi connectivity index (χ1) is 16.0. The second-order valence-electron chi connectivity index (χ2n) is 9.02. The molecule has 1 saturated heterocycles. The third-order valence-corrected chi connectivity index (χ3v) is 6.95. The van der Waals surface area contributed by atoms with Gasteiger partial charge in [-0.2, -0.15) is 0 Å². The maximum atomic E-state index is 13.1. The molecule has 0 spiro atoms. The number of carbonyl (C=O) groups excluding carboxylic acids is 3. The Balaban J connectivity index is 1.23. The van der Waals surface area contributed by atoms with Gasteiger partial charge in [-0.3, -0.25) is 14.4 Å². The van der Waals surface area contributed by atoms with Crippen LogP contribution < -0.4 is 0 Å². The Morgan fingerprint density at radius 1 is 1.00 bits per heavy atom. The molecule has 2 aliphatic rings. The zero-order valence-corrected chi connectivity index (χ0v) is 19.3. The van der Waals surface area contributed by atoms with E-state index in [0.717, 1.165) is 51.9 Å². The van der Waals surface area contributed by atoms with E-state index < -0.39 is 0 Å². The Bertz CT molecular complexity index is 1010. The molecule has 0 N–H and O–H groups in total. The summed E-state index contributed by atoms with van der Waals surface area (Å²) in [7, 11) is 0. The molecule has 1 fully saturated rings. The monoisotopic (exact) mass is 453 g/mol. The fraction of sp³-hybridized carbons (Fsp3) is 0.500. The van der Waals surface area contributed by atoms with Gasteiger partial charge in [0.1, 0.15) is 5.82 Å². The highest BCUT2D eigenvalue weighted by Gasteiger charge is 2.29.